The molecule has 0 spiro atoms. The molecule has 0 saturated carbocycles. The molecule has 21 heavy (non-hydrogen) atoms. The summed E-state index contributed by atoms with van der Waals surface area (Å²) in [5.74, 6) is 0.859. The topological polar surface area (TPSA) is 60.2 Å². The Bertz CT molecular complexity index is 603. The number of hydrogen-bond acceptors (Lipinski definition) is 4. The summed E-state index contributed by atoms with van der Waals surface area (Å²) >= 11 is 0. The maximum Gasteiger partial charge on any atom is 0.158 e. The average molecular weight is 287 g/mol. The Morgan fingerprint density at radius 1 is 1.33 bits per heavy atom. The minimum Gasteiger partial charge on any atom is -0.396 e. The van der Waals surface area contributed by atoms with Crippen molar-refractivity contribution in [2.45, 2.75) is 26.3 Å². The van der Waals surface area contributed by atoms with Gasteiger partial charge in [-0.25, -0.2) is 9.97 Å². The number of aliphatic hydroxyl groups excluding tert-OH is 1. The summed E-state index contributed by atoms with van der Waals surface area (Å²) in [6.07, 6.45) is 5.51. The van der Waals surface area contributed by atoms with Crippen molar-refractivity contribution < 1.29 is 9.84 Å². The Labute approximate surface area is 124 Å². The fourth-order valence-corrected chi connectivity index (χ4v) is 2.87. The number of aromatic nitrogens is 3. The quantitative estimate of drug-likeness (QED) is 0.935. The molecule has 0 radical (unpaired) electrons. The predicted molar refractivity (Wildman–Crippen MR) is 79.8 cm³/mol. The molecular formula is C16H21N3O2. The van der Waals surface area contributed by atoms with E-state index < -0.39 is 0 Å². The lowest BCUT2D eigenvalue weighted by atomic mass is 9.81. The molecule has 1 saturated heterocycles. The molecule has 1 fully saturated rings. The van der Waals surface area contributed by atoms with Gasteiger partial charge < -0.3 is 14.4 Å². The van der Waals surface area contributed by atoms with E-state index >= 15 is 0 Å². The van der Waals surface area contributed by atoms with Gasteiger partial charge >= 0.3 is 0 Å². The van der Waals surface area contributed by atoms with Crippen molar-refractivity contribution in [2.75, 3.05) is 19.8 Å². The monoisotopic (exact) mass is 287 g/mol. The second-order valence-corrected chi connectivity index (χ2v) is 5.81. The third kappa shape index (κ3) is 2.99. The van der Waals surface area contributed by atoms with Crippen molar-refractivity contribution in [2.24, 2.45) is 5.41 Å². The molecule has 0 aliphatic carbocycles. The van der Waals surface area contributed by atoms with Gasteiger partial charge in [-0.15, -0.1) is 0 Å². The molecule has 0 amide bonds. The molecule has 1 aliphatic rings. The fraction of sp³-hybridized carbons (Fsp3) is 0.500. The zero-order chi connectivity index (χ0) is 14.7. The standard InChI is InChI=1S/C16H21N3O2/c1-13-3-2-4-14(18-13)15-17-7-8-19(15)11-16(12-20)5-9-21-10-6-16/h2-4,7-8,20H,5-6,9-12H2,1H3. The third-order valence-electron chi connectivity index (χ3n) is 4.23. The number of ether oxygens (including phenoxy) is 1. The molecule has 5 nitrogen and oxygen atoms in total. The normalized spacial score (nSPS) is 17.8. The molecule has 3 rings (SSSR count). The number of rotatable bonds is 4. The van der Waals surface area contributed by atoms with Crippen LogP contribution in [0.2, 0.25) is 0 Å². The van der Waals surface area contributed by atoms with Crippen LogP contribution in [0.1, 0.15) is 18.5 Å². The minimum absolute atomic E-state index is 0.114. The number of aliphatic hydroxyl groups is 1. The molecule has 2 aromatic rings. The largest absolute Gasteiger partial charge is 0.396 e. The molecule has 2 aromatic heterocycles. The van der Waals surface area contributed by atoms with Gasteiger partial charge in [0, 0.05) is 43.3 Å². The van der Waals surface area contributed by atoms with Crippen LogP contribution in [0, 0.1) is 12.3 Å². The van der Waals surface area contributed by atoms with Crippen LogP contribution in [-0.2, 0) is 11.3 Å². The van der Waals surface area contributed by atoms with Gasteiger partial charge in [-0.05, 0) is 31.9 Å². The van der Waals surface area contributed by atoms with Crippen LogP contribution in [0.3, 0.4) is 0 Å². The van der Waals surface area contributed by atoms with Gasteiger partial charge in [0.25, 0.3) is 0 Å². The number of nitrogens with zero attached hydrogens (tertiary/aromatic N) is 3. The van der Waals surface area contributed by atoms with Crippen LogP contribution in [0.25, 0.3) is 11.5 Å². The van der Waals surface area contributed by atoms with Gasteiger partial charge in [0.1, 0.15) is 5.69 Å². The molecule has 1 N–H and O–H groups in total. The highest BCUT2D eigenvalue weighted by atomic mass is 16.5. The summed E-state index contributed by atoms with van der Waals surface area (Å²) in [7, 11) is 0. The summed E-state index contributed by atoms with van der Waals surface area (Å²) in [6.45, 7) is 4.33. The van der Waals surface area contributed by atoms with E-state index in [4.69, 9.17) is 4.74 Å². The van der Waals surface area contributed by atoms with Crippen LogP contribution >= 0.6 is 0 Å². The lowest BCUT2D eigenvalue weighted by Crippen LogP contribution is -2.37. The average Bonchev–Trinajstić information content (AvgIpc) is 2.96. The Kier molecular flexibility index (Phi) is 4.03. The van der Waals surface area contributed by atoms with Crippen molar-refractivity contribution in [1.82, 2.24) is 14.5 Å². The fourth-order valence-electron chi connectivity index (χ4n) is 2.87. The third-order valence-corrected chi connectivity index (χ3v) is 4.23. The smallest absolute Gasteiger partial charge is 0.158 e. The number of imidazole rings is 1. The van der Waals surface area contributed by atoms with Crippen LogP contribution in [-0.4, -0.2) is 39.5 Å². The van der Waals surface area contributed by atoms with Crippen LogP contribution in [0.15, 0.2) is 30.6 Å². The van der Waals surface area contributed by atoms with Gasteiger partial charge in [0.05, 0.1) is 6.61 Å². The first-order valence-electron chi connectivity index (χ1n) is 7.36. The summed E-state index contributed by atoms with van der Waals surface area (Å²) in [6, 6.07) is 5.94. The van der Waals surface area contributed by atoms with Crippen LogP contribution in [0.4, 0.5) is 0 Å². The summed E-state index contributed by atoms with van der Waals surface area (Å²) < 4.78 is 7.53. The second-order valence-electron chi connectivity index (χ2n) is 5.81. The summed E-state index contributed by atoms with van der Waals surface area (Å²) in [5, 5.41) is 9.84. The van der Waals surface area contributed by atoms with Crippen molar-refractivity contribution in [1.29, 1.82) is 0 Å². The molecule has 3 heterocycles. The predicted octanol–water partition coefficient (Wildman–Crippen LogP) is 2.04. The van der Waals surface area contributed by atoms with Gasteiger partial charge in [0.2, 0.25) is 0 Å². The van der Waals surface area contributed by atoms with E-state index in [2.05, 4.69) is 14.5 Å². The van der Waals surface area contributed by atoms with Crippen molar-refractivity contribution in [3.05, 3.63) is 36.3 Å². The molecular weight excluding hydrogens is 266 g/mol. The van der Waals surface area contributed by atoms with E-state index in [0.29, 0.717) is 13.2 Å². The van der Waals surface area contributed by atoms with E-state index in [0.717, 1.165) is 36.6 Å². The van der Waals surface area contributed by atoms with E-state index in [1.54, 1.807) is 6.20 Å². The summed E-state index contributed by atoms with van der Waals surface area (Å²) in [4.78, 5) is 8.99. The minimum atomic E-state index is -0.114. The van der Waals surface area contributed by atoms with Gasteiger partial charge in [0.15, 0.2) is 5.82 Å². The Morgan fingerprint density at radius 2 is 2.14 bits per heavy atom. The molecule has 112 valence electrons. The maximum absolute atomic E-state index is 9.84. The van der Waals surface area contributed by atoms with Crippen LogP contribution in [0.5, 0.6) is 0 Å². The zero-order valence-electron chi connectivity index (χ0n) is 12.3. The first kappa shape index (κ1) is 14.2. The van der Waals surface area contributed by atoms with Gasteiger partial charge in [-0.1, -0.05) is 6.07 Å². The Balaban J connectivity index is 1.88. The lowest BCUT2D eigenvalue weighted by Gasteiger charge is -2.36. The van der Waals surface area contributed by atoms with Crippen LogP contribution < -0.4 is 0 Å². The van der Waals surface area contributed by atoms with Crippen molar-refractivity contribution >= 4 is 0 Å². The zero-order valence-corrected chi connectivity index (χ0v) is 12.3. The van der Waals surface area contributed by atoms with E-state index in [9.17, 15) is 5.11 Å². The highest BCUT2D eigenvalue weighted by Crippen LogP contribution is 2.33. The highest BCUT2D eigenvalue weighted by Gasteiger charge is 2.33. The van der Waals surface area contributed by atoms with E-state index in [1.165, 1.54) is 0 Å². The highest BCUT2D eigenvalue weighted by molar-refractivity contribution is 5.49. The number of hydrogen-bond donors (Lipinski definition) is 1. The number of pyridine rings is 1. The van der Waals surface area contributed by atoms with E-state index in [-0.39, 0.29) is 12.0 Å². The maximum atomic E-state index is 9.84. The molecule has 0 aromatic carbocycles. The van der Waals surface area contributed by atoms with Crippen molar-refractivity contribution in [3.63, 3.8) is 0 Å². The Morgan fingerprint density at radius 3 is 2.86 bits per heavy atom. The van der Waals surface area contributed by atoms with Gasteiger partial charge in [-0.2, -0.15) is 0 Å². The molecule has 0 unspecified atom stereocenters. The first-order chi connectivity index (χ1) is 10.2. The molecule has 1 aliphatic heterocycles. The lowest BCUT2D eigenvalue weighted by molar-refractivity contribution is -0.0250. The molecule has 0 atom stereocenters. The number of aryl methyl sites for hydroxylation is 1. The summed E-state index contributed by atoms with van der Waals surface area (Å²) in [5.41, 5.74) is 1.74. The second kappa shape index (κ2) is 5.95. The van der Waals surface area contributed by atoms with Crippen molar-refractivity contribution in [3.8, 4) is 11.5 Å². The van der Waals surface area contributed by atoms with Gasteiger partial charge in [-0.3, -0.25) is 0 Å². The molecule has 0 bridgehead atoms. The molecule has 5 heteroatoms. The SMILES string of the molecule is Cc1cccc(-c2nccn2CC2(CO)CCOCC2)n1. The van der Waals surface area contributed by atoms with E-state index in [1.807, 2.05) is 31.3 Å². The first-order valence-corrected chi connectivity index (χ1v) is 7.36. The Hall–Kier alpha value is -1.72.